The molecule has 0 fully saturated rings. The molecule has 2 aromatic heterocycles. The summed E-state index contributed by atoms with van der Waals surface area (Å²) in [5.41, 5.74) is 1.85. The minimum absolute atomic E-state index is 0.273. The van der Waals surface area contributed by atoms with Crippen LogP contribution in [-0.2, 0) is 12.4 Å². The molecule has 8 heteroatoms. The number of thioether (sulfide) groups is 1. The summed E-state index contributed by atoms with van der Waals surface area (Å²) in [6.07, 6.45) is 0. The van der Waals surface area contributed by atoms with Gasteiger partial charge in [0, 0.05) is 16.6 Å². The molecule has 0 amide bonds. The van der Waals surface area contributed by atoms with Gasteiger partial charge in [0.2, 0.25) is 11.8 Å². The molecule has 0 radical (unpaired) electrons. The molecule has 0 aliphatic rings. The van der Waals surface area contributed by atoms with Crippen molar-refractivity contribution >= 4 is 22.5 Å². The number of hydrogen-bond donors (Lipinski definition) is 0. The number of ether oxygens (including phenoxy) is 1. The van der Waals surface area contributed by atoms with Crippen LogP contribution in [0.25, 0.3) is 27.9 Å². The molecule has 176 valence electrons. The van der Waals surface area contributed by atoms with Gasteiger partial charge in [-0.3, -0.25) is 4.57 Å². The van der Waals surface area contributed by atoms with E-state index in [2.05, 4.69) is 38.6 Å². The third kappa shape index (κ3) is 4.58. The fraction of sp³-hybridized carbons (Fsp3) is 0.0714. The Hall–Kier alpha value is -4.43. The van der Waals surface area contributed by atoms with Crippen LogP contribution in [0.15, 0.2) is 113 Å². The lowest BCUT2D eigenvalue weighted by atomic mass is 10.1. The lowest BCUT2D eigenvalue weighted by molar-refractivity contribution is 0.296. The van der Waals surface area contributed by atoms with Crippen LogP contribution >= 0.6 is 11.8 Å². The fourth-order valence-corrected chi connectivity index (χ4v) is 4.73. The van der Waals surface area contributed by atoms with E-state index in [1.54, 1.807) is 0 Å². The second kappa shape index (κ2) is 10.1. The van der Waals surface area contributed by atoms with Crippen LogP contribution in [0.1, 0.15) is 11.7 Å². The molecule has 0 bridgehead atoms. The first-order chi connectivity index (χ1) is 17.8. The second-order valence-electron chi connectivity index (χ2n) is 7.99. The average Bonchev–Trinajstić information content (AvgIpc) is 3.59. The Labute approximate surface area is 211 Å². The molecular formula is C28H21N5O2S. The zero-order valence-electron chi connectivity index (χ0n) is 19.2. The van der Waals surface area contributed by atoms with Crippen LogP contribution in [0.4, 0.5) is 0 Å². The molecule has 0 atom stereocenters. The van der Waals surface area contributed by atoms with Gasteiger partial charge in [0.15, 0.2) is 11.0 Å². The predicted octanol–water partition coefficient (Wildman–Crippen LogP) is 6.34. The number of rotatable bonds is 8. The largest absolute Gasteiger partial charge is 0.485 e. The number of fused-ring (bicyclic) bond motifs is 1. The Balaban J connectivity index is 1.24. The Morgan fingerprint density at radius 3 is 2.33 bits per heavy atom. The van der Waals surface area contributed by atoms with Gasteiger partial charge in [0.05, 0.1) is 5.75 Å². The molecule has 0 N–H and O–H groups in total. The summed E-state index contributed by atoms with van der Waals surface area (Å²) in [5, 5.41) is 20.2. The van der Waals surface area contributed by atoms with E-state index in [4.69, 9.17) is 9.15 Å². The molecular weight excluding hydrogens is 470 g/mol. The Bertz CT molecular complexity index is 1590. The Morgan fingerprint density at radius 1 is 0.722 bits per heavy atom. The fourth-order valence-electron chi connectivity index (χ4n) is 3.92. The summed E-state index contributed by atoms with van der Waals surface area (Å²) < 4.78 is 14.1. The smallest absolute Gasteiger partial charge is 0.247 e. The molecule has 0 saturated heterocycles. The maximum Gasteiger partial charge on any atom is 0.247 e. The summed E-state index contributed by atoms with van der Waals surface area (Å²) in [6, 6.07) is 33.9. The molecule has 36 heavy (non-hydrogen) atoms. The zero-order chi connectivity index (χ0) is 24.2. The molecule has 6 aromatic rings. The van der Waals surface area contributed by atoms with E-state index < -0.39 is 0 Å². The van der Waals surface area contributed by atoms with Gasteiger partial charge in [0.1, 0.15) is 12.4 Å². The maximum absolute atomic E-state index is 6.22. The normalized spacial score (nSPS) is 11.1. The highest BCUT2D eigenvalue weighted by molar-refractivity contribution is 7.98. The third-order valence-electron chi connectivity index (χ3n) is 5.63. The Morgan fingerprint density at radius 2 is 1.47 bits per heavy atom. The summed E-state index contributed by atoms with van der Waals surface area (Å²) >= 11 is 1.49. The Kier molecular flexibility index (Phi) is 6.16. The van der Waals surface area contributed by atoms with E-state index in [1.807, 2.05) is 89.5 Å². The monoisotopic (exact) mass is 491 g/mol. The number of para-hydroxylation sites is 1. The van der Waals surface area contributed by atoms with Crippen molar-refractivity contribution in [2.75, 3.05) is 0 Å². The molecule has 0 spiro atoms. The van der Waals surface area contributed by atoms with Gasteiger partial charge >= 0.3 is 0 Å². The van der Waals surface area contributed by atoms with Crippen LogP contribution in [0.5, 0.6) is 5.75 Å². The van der Waals surface area contributed by atoms with Crippen molar-refractivity contribution in [3.05, 3.63) is 115 Å². The highest BCUT2D eigenvalue weighted by Gasteiger charge is 2.17. The second-order valence-corrected chi connectivity index (χ2v) is 8.93. The number of hydrogen-bond acceptors (Lipinski definition) is 7. The summed E-state index contributed by atoms with van der Waals surface area (Å²) in [4.78, 5) is 0. The van der Waals surface area contributed by atoms with Gasteiger partial charge in [-0.25, -0.2) is 0 Å². The quantitative estimate of drug-likeness (QED) is 0.230. The minimum Gasteiger partial charge on any atom is -0.485 e. The van der Waals surface area contributed by atoms with Gasteiger partial charge in [-0.2, -0.15) is 0 Å². The van der Waals surface area contributed by atoms with Gasteiger partial charge in [-0.15, -0.1) is 20.4 Å². The van der Waals surface area contributed by atoms with E-state index in [9.17, 15) is 0 Å². The molecule has 0 unspecified atom stereocenters. The molecule has 0 saturated carbocycles. The molecule has 7 nitrogen and oxygen atoms in total. The van der Waals surface area contributed by atoms with Crippen molar-refractivity contribution in [2.24, 2.45) is 0 Å². The lowest BCUT2D eigenvalue weighted by Crippen LogP contribution is -2.06. The van der Waals surface area contributed by atoms with Crippen molar-refractivity contribution < 1.29 is 9.15 Å². The summed E-state index contributed by atoms with van der Waals surface area (Å²) in [6.45, 7) is 0.273. The first-order valence-electron chi connectivity index (χ1n) is 11.5. The van der Waals surface area contributed by atoms with E-state index in [0.29, 0.717) is 23.4 Å². The number of aromatic nitrogens is 5. The molecule has 0 aliphatic heterocycles. The van der Waals surface area contributed by atoms with Crippen LogP contribution < -0.4 is 4.74 Å². The van der Waals surface area contributed by atoms with Crippen LogP contribution in [-0.4, -0.2) is 25.0 Å². The minimum atomic E-state index is 0.273. The van der Waals surface area contributed by atoms with Gasteiger partial charge in [-0.05, 0) is 35.7 Å². The summed E-state index contributed by atoms with van der Waals surface area (Å²) in [5.74, 6) is 3.00. The maximum atomic E-state index is 6.22. The predicted molar refractivity (Wildman–Crippen MR) is 139 cm³/mol. The van der Waals surface area contributed by atoms with E-state index >= 15 is 0 Å². The summed E-state index contributed by atoms with van der Waals surface area (Å²) in [7, 11) is 0. The highest BCUT2D eigenvalue weighted by Crippen LogP contribution is 2.29. The highest BCUT2D eigenvalue weighted by atomic mass is 32.2. The number of benzene rings is 4. The lowest BCUT2D eigenvalue weighted by Gasteiger charge is -2.12. The standard InChI is InChI=1S/C28H21N5O2S/c1-3-11-21(12-4-1)27-31-30-26(35-27)19-36-28-32-29-25(33(28)22-14-5-2-6-15-22)18-34-24-17-9-13-20-10-7-8-16-23(20)24/h1-17H,18-19H2. The van der Waals surface area contributed by atoms with Crippen molar-refractivity contribution in [2.45, 2.75) is 17.5 Å². The SMILES string of the molecule is c1ccc(-c2nnc(CSc3nnc(COc4cccc5ccccc45)n3-c3ccccc3)o2)cc1. The number of nitrogens with zero attached hydrogens (tertiary/aromatic N) is 5. The van der Waals surface area contributed by atoms with Crippen LogP contribution in [0, 0.1) is 0 Å². The van der Waals surface area contributed by atoms with Gasteiger partial charge in [0.25, 0.3) is 0 Å². The van der Waals surface area contributed by atoms with Crippen molar-refractivity contribution in [1.29, 1.82) is 0 Å². The van der Waals surface area contributed by atoms with Gasteiger partial charge < -0.3 is 9.15 Å². The zero-order valence-corrected chi connectivity index (χ0v) is 20.0. The third-order valence-corrected chi connectivity index (χ3v) is 6.55. The average molecular weight is 492 g/mol. The van der Waals surface area contributed by atoms with Crippen molar-refractivity contribution in [3.8, 4) is 22.9 Å². The first-order valence-corrected chi connectivity index (χ1v) is 12.4. The molecule has 0 aliphatic carbocycles. The van der Waals surface area contributed by atoms with Crippen molar-refractivity contribution in [1.82, 2.24) is 25.0 Å². The molecule has 6 rings (SSSR count). The van der Waals surface area contributed by atoms with Gasteiger partial charge in [-0.1, -0.05) is 84.6 Å². The van der Waals surface area contributed by atoms with Crippen LogP contribution in [0.3, 0.4) is 0 Å². The van der Waals surface area contributed by atoms with Crippen LogP contribution in [0.2, 0.25) is 0 Å². The van der Waals surface area contributed by atoms with E-state index in [-0.39, 0.29) is 6.61 Å². The first kappa shape index (κ1) is 22.1. The topological polar surface area (TPSA) is 78.9 Å². The van der Waals surface area contributed by atoms with Crippen molar-refractivity contribution in [3.63, 3.8) is 0 Å². The van der Waals surface area contributed by atoms with E-state index in [1.165, 1.54) is 11.8 Å². The molecule has 4 aromatic carbocycles. The van der Waals surface area contributed by atoms with E-state index in [0.717, 1.165) is 32.9 Å². The molecule has 2 heterocycles.